The van der Waals surface area contributed by atoms with Gasteiger partial charge in [0.1, 0.15) is 0 Å². The molecule has 1 atom stereocenters. The molecular formula is C18H24N2O6. The Bertz CT molecular complexity index is 672. The third-order valence-electron chi connectivity index (χ3n) is 3.32. The van der Waals surface area contributed by atoms with E-state index in [1.807, 2.05) is 11.4 Å². The Morgan fingerprint density at radius 2 is 1.96 bits per heavy atom. The summed E-state index contributed by atoms with van der Waals surface area (Å²) >= 11 is 0. The zero-order chi connectivity index (χ0) is 19.7. The fourth-order valence-electron chi connectivity index (χ4n) is 2.12. The lowest BCUT2D eigenvalue weighted by Crippen LogP contribution is -2.46. The summed E-state index contributed by atoms with van der Waals surface area (Å²) in [5.41, 5.74) is 5.89. The number of imide groups is 1. The van der Waals surface area contributed by atoms with Crippen LogP contribution in [0.15, 0.2) is 30.9 Å². The zero-order valence-electron chi connectivity index (χ0n) is 15.1. The minimum absolute atomic E-state index is 0.356. The molecule has 26 heavy (non-hydrogen) atoms. The Kier molecular flexibility index (Phi) is 8.14. The van der Waals surface area contributed by atoms with Gasteiger partial charge in [0.05, 0.1) is 7.11 Å². The van der Waals surface area contributed by atoms with Crippen LogP contribution in [0.1, 0.15) is 19.4 Å². The van der Waals surface area contributed by atoms with Crippen LogP contribution < -0.4 is 20.5 Å². The van der Waals surface area contributed by atoms with Crippen LogP contribution in [-0.2, 0) is 20.7 Å². The Morgan fingerprint density at radius 3 is 2.50 bits per heavy atom. The summed E-state index contributed by atoms with van der Waals surface area (Å²) in [6.45, 7) is 6.58. The molecule has 0 saturated heterocycles. The second-order valence-electron chi connectivity index (χ2n) is 5.77. The maximum Gasteiger partial charge on any atom is 0.344 e. The SMILES string of the molecule is C=CCc1ccc(OCC(=O)O[C@@H](C(=O)NC(N)=O)C(C)C)c(OC)c1. The average Bonchev–Trinajstić information content (AvgIpc) is 2.57. The zero-order valence-corrected chi connectivity index (χ0v) is 15.1. The number of esters is 1. The predicted octanol–water partition coefficient (Wildman–Crippen LogP) is 1.57. The second kappa shape index (κ2) is 10.1. The van der Waals surface area contributed by atoms with Crippen LogP contribution in [0.5, 0.6) is 11.5 Å². The molecule has 0 heterocycles. The first-order valence-electron chi connectivity index (χ1n) is 7.98. The van der Waals surface area contributed by atoms with Crippen molar-refractivity contribution >= 4 is 17.9 Å². The molecule has 1 rings (SSSR count). The van der Waals surface area contributed by atoms with Crippen LogP contribution in [-0.4, -0.2) is 37.7 Å². The number of hydrogen-bond acceptors (Lipinski definition) is 6. The molecule has 0 radical (unpaired) electrons. The number of ether oxygens (including phenoxy) is 3. The summed E-state index contributed by atoms with van der Waals surface area (Å²) in [4.78, 5) is 34.6. The summed E-state index contributed by atoms with van der Waals surface area (Å²) in [7, 11) is 1.49. The van der Waals surface area contributed by atoms with Gasteiger partial charge in [-0.2, -0.15) is 0 Å². The number of benzene rings is 1. The molecule has 0 bridgehead atoms. The van der Waals surface area contributed by atoms with E-state index < -0.39 is 30.6 Å². The number of rotatable bonds is 9. The van der Waals surface area contributed by atoms with E-state index in [2.05, 4.69) is 6.58 Å². The van der Waals surface area contributed by atoms with Gasteiger partial charge in [0.2, 0.25) is 0 Å². The fraction of sp³-hybridized carbons (Fsp3) is 0.389. The van der Waals surface area contributed by atoms with E-state index in [9.17, 15) is 14.4 Å². The van der Waals surface area contributed by atoms with Gasteiger partial charge in [-0.3, -0.25) is 10.1 Å². The summed E-state index contributed by atoms with van der Waals surface area (Å²) in [6, 6.07) is 4.25. The van der Waals surface area contributed by atoms with Gasteiger partial charge in [-0.05, 0) is 30.0 Å². The molecule has 0 aliphatic rings. The van der Waals surface area contributed by atoms with Crippen LogP contribution in [0.3, 0.4) is 0 Å². The molecule has 0 unspecified atom stereocenters. The van der Waals surface area contributed by atoms with Crippen molar-refractivity contribution in [1.29, 1.82) is 0 Å². The van der Waals surface area contributed by atoms with Crippen molar-refractivity contribution in [3.05, 3.63) is 36.4 Å². The lowest BCUT2D eigenvalue weighted by atomic mass is 10.1. The molecule has 0 fully saturated rings. The average molecular weight is 364 g/mol. The third kappa shape index (κ3) is 6.46. The Morgan fingerprint density at radius 1 is 1.27 bits per heavy atom. The number of carbonyl (C=O) groups excluding carboxylic acids is 3. The van der Waals surface area contributed by atoms with Crippen molar-refractivity contribution in [1.82, 2.24) is 5.32 Å². The van der Waals surface area contributed by atoms with Gasteiger partial charge >= 0.3 is 12.0 Å². The number of nitrogens with one attached hydrogen (secondary N) is 1. The van der Waals surface area contributed by atoms with Gasteiger partial charge in [-0.15, -0.1) is 6.58 Å². The largest absolute Gasteiger partial charge is 0.493 e. The van der Waals surface area contributed by atoms with Gasteiger partial charge in [0.15, 0.2) is 24.2 Å². The molecule has 0 spiro atoms. The van der Waals surface area contributed by atoms with E-state index >= 15 is 0 Å². The monoisotopic (exact) mass is 364 g/mol. The van der Waals surface area contributed by atoms with Crippen LogP contribution in [0.25, 0.3) is 0 Å². The molecule has 1 aromatic rings. The first-order chi connectivity index (χ1) is 12.3. The van der Waals surface area contributed by atoms with Crippen molar-refractivity contribution in [3.63, 3.8) is 0 Å². The lowest BCUT2D eigenvalue weighted by Gasteiger charge is -2.20. The number of allylic oxidation sites excluding steroid dienone is 1. The van der Waals surface area contributed by atoms with E-state index in [1.165, 1.54) is 7.11 Å². The lowest BCUT2D eigenvalue weighted by molar-refractivity contribution is -0.160. The molecule has 8 nitrogen and oxygen atoms in total. The maximum atomic E-state index is 12.0. The molecule has 8 heteroatoms. The van der Waals surface area contributed by atoms with Crippen LogP contribution >= 0.6 is 0 Å². The predicted molar refractivity (Wildman–Crippen MR) is 94.8 cm³/mol. The minimum atomic E-state index is -1.16. The molecule has 3 N–H and O–H groups in total. The maximum absolute atomic E-state index is 12.0. The minimum Gasteiger partial charge on any atom is -0.493 e. The Hall–Kier alpha value is -3.03. The van der Waals surface area contributed by atoms with E-state index in [0.717, 1.165) is 5.56 Å². The molecule has 0 aliphatic carbocycles. The normalized spacial score (nSPS) is 11.4. The highest BCUT2D eigenvalue weighted by atomic mass is 16.6. The summed E-state index contributed by atoms with van der Waals surface area (Å²) < 4.78 is 15.7. The number of nitrogens with two attached hydrogens (primary N) is 1. The van der Waals surface area contributed by atoms with Crippen molar-refractivity contribution in [2.75, 3.05) is 13.7 Å². The molecule has 142 valence electrons. The van der Waals surface area contributed by atoms with Crippen molar-refractivity contribution < 1.29 is 28.6 Å². The molecule has 1 aromatic carbocycles. The summed E-state index contributed by atoms with van der Waals surface area (Å²) in [6.07, 6.45) is 1.27. The van der Waals surface area contributed by atoms with Gasteiger partial charge in [-0.25, -0.2) is 9.59 Å². The van der Waals surface area contributed by atoms with Crippen molar-refractivity contribution in [2.45, 2.75) is 26.4 Å². The second-order valence-corrected chi connectivity index (χ2v) is 5.77. The van der Waals surface area contributed by atoms with E-state index in [0.29, 0.717) is 17.9 Å². The highest BCUT2D eigenvalue weighted by molar-refractivity contribution is 5.96. The first-order valence-corrected chi connectivity index (χ1v) is 7.98. The van der Waals surface area contributed by atoms with Crippen molar-refractivity contribution in [2.24, 2.45) is 11.7 Å². The van der Waals surface area contributed by atoms with E-state index in [1.54, 1.807) is 32.1 Å². The number of methoxy groups -OCH3 is 1. The fourth-order valence-corrected chi connectivity index (χ4v) is 2.12. The standard InChI is InChI=1S/C18H24N2O6/c1-5-6-12-7-8-13(14(9-12)24-4)25-10-15(21)26-16(11(2)3)17(22)20-18(19)23/h5,7-9,11,16H,1,6,10H2,2-4H3,(H3,19,20,22,23)/t16-/m1/s1. The highest BCUT2D eigenvalue weighted by Gasteiger charge is 2.27. The number of carbonyl (C=O) groups is 3. The van der Waals surface area contributed by atoms with Gasteiger partial charge in [-0.1, -0.05) is 26.0 Å². The Balaban J connectivity index is 2.71. The van der Waals surface area contributed by atoms with Crippen molar-refractivity contribution in [3.8, 4) is 11.5 Å². The van der Waals surface area contributed by atoms with Gasteiger partial charge in [0.25, 0.3) is 5.91 Å². The van der Waals surface area contributed by atoms with Crippen LogP contribution in [0, 0.1) is 5.92 Å². The molecule has 0 saturated carbocycles. The Labute approximate surface area is 152 Å². The molecule has 3 amide bonds. The molecule has 0 aliphatic heterocycles. The summed E-state index contributed by atoms with van der Waals surface area (Å²) in [5, 5.41) is 1.89. The highest BCUT2D eigenvalue weighted by Crippen LogP contribution is 2.28. The third-order valence-corrected chi connectivity index (χ3v) is 3.32. The van der Waals surface area contributed by atoms with Crippen LogP contribution in [0.4, 0.5) is 4.79 Å². The molecule has 0 aromatic heterocycles. The van der Waals surface area contributed by atoms with E-state index in [-0.39, 0.29) is 5.92 Å². The number of amides is 3. The number of urea groups is 1. The van der Waals surface area contributed by atoms with Gasteiger partial charge in [0, 0.05) is 0 Å². The smallest absolute Gasteiger partial charge is 0.344 e. The quantitative estimate of drug-likeness (QED) is 0.507. The van der Waals surface area contributed by atoms with Crippen LogP contribution in [0.2, 0.25) is 0 Å². The summed E-state index contributed by atoms with van der Waals surface area (Å²) in [5.74, 6) is -1.08. The topological polar surface area (TPSA) is 117 Å². The first kappa shape index (κ1) is 21.0. The number of hydrogen-bond donors (Lipinski definition) is 2. The van der Waals surface area contributed by atoms with E-state index in [4.69, 9.17) is 19.9 Å². The number of primary amides is 1. The van der Waals surface area contributed by atoms with Gasteiger partial charge < -0.3 is 19.9 Å². The molecular weight excluding hydrogens is 340 g/mol.